The number of amides is 2. The first kappa shape index (κ1) is 15.0. The SMILES string of the molecule is CC(=O)NCCC(=O)Nc1ccc2nc(C(C)O)[nH]c2c1. The number of aromatic amines is 1. The summed E-state index contributed by atoms with van der Waals surface area (Å²) >= 11 is 0. The van der Waals surface area contributed by atoms with E-state index in [1.54, 1.807) is 25.1 Å². The molecule has 0 radical (unpaired) electrons. The van der Waals surface area contributed by atoms with E-state index < -0.39 is 6.10 Å². The van der Waals surface area contributed by atoms with Gasteiger partial charge in [0.25, 0.3) is 0 Å². The van der Waals surface area contributed by atoms with Crippen LogP contribution in [0.2, 0.25) is 0 Å². The van der Waals surface area contributed by atoms with Crippen LogP contribution in [0.5, 0.6) is 0 Å². The summed E-state index contributed by atoms with van der Waals surface area (Å²) in [4.78, 5) is 29.7. The number of anilines is 1. The van der Waals surface area contributed by atoms with E-state index in [4.69, 9.17) is 0 Å². The van der Waals surface area contributed by atoms with Gasteiger partial charge in [0.2, 0.25) is 11.8 Å². The van der Waals surface area contributed by atoms with Gasteiger partial charge in [0.05, 0.1) is 11.0 Å². The van der Waals surface area contributed by atoms with Crippen molar-refractivity contribution >= 4 is 28.5 Å². The number of carbonyl (C=O) groups is 2. The van der Waals surface area contributed by atoms with Gasteiger partial charge in [-0.25, -0.2) is 4.98 Å². The molecule has 0 saturated carbocycles. The van der Waals surface area contributed by atoms with Crippen LogP contribution in [0.15, 0.2) is 18.2 Å². The van der Waals surface area contributed by atoms with Crippen molar-refractivity contribution in [3.63, 3.8) is 0 Å². The molecule has 4 N–H and O–H groups in total. The molecule has 21 heavy (non-hydrogen) atoms. The first-order valence-corrected chi connectivity index (χ1v) is 6.67. The summed E-state index contributed by atoms with van der Waals surface area (Å²) in [7, 11) is 0. The highest BCUT2D eigenvalue weighted by Gasteiger charge is 2.09. The molecule has 2 amide bonds. The normalized spacial score (nSPS) is 12.1. The minimum atomic E-state index is -0.673. The third kappa shape index (κ3) is 4.03. The van der Waals surface area contributed by atoms with Crippen molar-refractivity contribution in [3.8, 4) is 0 Å². The second-order valence-corrected chi connectivity index (χ2v) is 4.81. The van der Waals surface area contributed by atoms with Gasteiger partial charge in [-0.2, -0.15) is 0 Å². The quantitative estimate of drug-likeness (QED) is 0.661. The summed E-state index contributed by atoms with van der Waals surface area (Å²) < 4.78 is 0. The molecule has 112 valence electrons. The summed E-state index contributed by atoms with van der Waals surface area (Å²) in [6, 6.07) is 5.26. The first-order chi connectivity index (χ1) is 9.95. The Labute approximate surface area is 121 Å². The van der Waals surface area contributed by atoms with E-state index in [9.17, 15) is 14.7 Å². The topological polar surface area (TPSA) is 107 Å². The molecule has 1 aromatic carbocycles. The fraction of sp³-hybridized carbons (Fsp3) is 0.357. The summed E-state index contributed by atoms with van der Waals surface area (Å²) in [5.74, 6) is 0.143. The Morgan fingerprint density at radius 2 is 2.19 bits per heavy atom. The van der Waals surface area contributed by atoms with Crippen molar-refractivity contribution in [2.45, 2.75) is 26.4 Å². The molecule has 0 fully saturated rings. The van der Waals surface area contributed by atoms with Crippen LogP contribution in [0.3, 0.4) is 0 Å². The number of H-pyrrole nitrogens is 1. The van der Waals surface area contributed by atoms with Gasteiger partial charge >= 0.3 is 0 Å². The van der Waals surface area contributed by atoms with Crippen LogP contribution in [0.4, 0.5) is 5.69 Å². The van der Waals surface area contributed by atoms with Crippen LogP contribution < -0.4 is 10.6 Å². The summed E-state index contributed by atoms with van der Waals surface area (Å²) in [6.07, 6.45) is -0.465. The molecule has 0 saturated heterocycles. The second kappa shape index (κ2) is 6.36. The summed E-state index contributed by atoms with van der Waals surface area (Å²) in [6.45, 7) is 3.34. The highest BCUT2D eigenvalue weighted by atomic mass is 16.3. The number of nitrogens with one attached hydrogen (secondary N) is 3. The monoisotopic (exact) mass is 290 g/mol. The lowest BCUT2D eigenvalue weighted by molar-refractivity contribution is -0.119. The number of carbonyl (C=O) groups excluding carboxylic acids is 2. The average Bonchev–Trinajstić information content (AvgIpc) is 2.81. The van der Waals surface area contributed by atoms with Gasteiger partial charge in [0.1, 0.15) is 11.9 Å². The Morgan fingerprint density at radius 3 is 2.86 bits per heavy atom. The fourth-order valence-corrected chi connectivity index (χ4v) is 1.88. The molecule has 1 heterocycles. The smallest absolute Gasteiger partial charge is 0.226 e. The van der Waals surface area contributed by atoms with Gasteiger partial charge < -0.3 is 20.7 Å². The van der Waals surface area contributed by atoms with E-state index >= 15 is 0 Å². The van der Waals surface area contributed by atoms with Crippen LogP contribution in [0, 0.1) is 0 Å². The van der Waals surface area contributed by atoms with Crippen LogP contribution >= 0.6 is 0 Å². The number of aliphatic hydroxyl groups is 1. The van der Waals surface area contributed by atoms with E-state index in [0.717, 1.165) is 11.0 Å². The Hall–Kier alpha value is -2.41. The maximum Gasteiger partial charge on any atom is 0.226 e. The van der Waals surface area contributed by atoms with Crippen LogP contribution in [0.1, 0.15) is 32.2 Å². The molecule has 2 aromatic rings. The molecule has 0 aliphatic heterocycles. The zero-order chi connectivity index (χ0) is 15.4. The van der Waals surface area contributed by atoms with Crippen molar-refractivity contribution < 1.29 is 14.7 Å². The van der Waals surface area contributed by atoms with Gasteiger partial charge in [-0.05, 0) is 25.1 Å². The predicted octanol–water partition coefficient (Wildman–Crippen LogP) is 1.08. The average molecular weight is 290 g/mol. The van der Waals surface area contributed by atoms with Gasteiger partial charge in [-0.1, -0.05) is 0 Å². The first-order valence-electron chi connectivity index (χ1n) is 6.67. The van der Waals surface area contributed by atoms with E-state index in [1.807, 2.05) is 0 Å². The molecular weight excluding hydrogens is 272 g/mol. The lowest BCUT2D eigenvalue weighted by atomic mass is 10.2. The van der Waals surface area contributed by atoms with E-state index in [1.165, 1.54) is 6.92 Å². The number of aliphatic hydroxyl groups excluding tert-OH is 1. The summed E-state index contributed by atoms with van der Waals surface area (Å²) in [5, 5.41) is 14.8. The number of rotatable bonds is 5. The molecule has 1 atom stereocenters. The Kier molecular flexibility index (Phi) is 4.54. The number of benzene rings is 1. The minimum Gasteiger partial charge on any atom is -0.385 e. The molecule has 0 aliphatic carbocycles. The standard InChI is InChI=1S/C14H18N4O3/c1-8(19)14-17-11-4-3-10(7-12(11)18-14)16-13(21)5-6-15-9(2)20/h3-4,7-8,19H,5-6H2,1-2H3,(H,15,20)(H,16,21)(H,17,18). The Morgan fingerprint density at radius 1 is 1.43 bits per heavy atom. The largest absolute Gasteiger partial charge is 0.385 e. The number of hydrogen-bond donors (Lipinski definition) is 4. The van der Waals surface area contributed by atoms with Crippen LogP contribution in [-0.4, -0.2) is 33.4 Å². The highest BCUT2D eigenvalue weighted by Crippen LogP contribution is 2.19. The van der Waals surface area contributed by atoms with Gasteiger partial charge in [-0.3, -0.25) is 9.59 Å². The molecule has 7 nitrogen and oxygen atoms in total. The molecule has 0 bridgehead atoms. The molecule has 7 heteroatoms. The van der Waals surface area contributed by atoms with Crippen molar-refractivity contribution in [2.75, 3.05) is 11.9 Å². The van der Waals surface area contributed by atoms with Gasteiger partial charge in [0.15, 0.2) is 0 Å². The second-order valence-electron chi connectivity index (χ2n) is 4.81. The van der Waals surface area contributed by atoms with E-state index in [-0.39, 0.29) is 18.2 Å². The Balaban J connectivity index is 2.02. The minimum absolute atomic E-state index is 0.160. The van der Waals surface area contributed by atoms with E-state index in [0.29, 0.717) is 18.1 Å². The fourth-order valence-electron chi connectivity index (χ4n) is 1.88. The number of aromatic nitrogens is 2. The Bertz CT molecular complexity index is 663. The number of hydrogen-bond acceptors (Lipinski definition) is 4. The zero-order valence-corrected chi connectivity index (χ0v) is 11.9. The third-order valence-electron chi connectivity index (χ3n) is 2.91. The molecule has 1 unspecified atom stereocenters. The van der Waals surface area contributed by atoms with Crippen molar-refractivity contribution in [1.29, 1.82) is 0 Å². The molecule has 0 spiro atoms. The highest BCUT2D eigenvalue weighted by molar-refractivity contribution is 5.93. The van der Waals surface area contributed by atoms with E-state index in [2.05, 4.69) is 20.6 Å². The number of imidazole rings is 1. The van der Waals surface area contributed by atoms with Crippen LogP contribution in [-0.2, 0) is 9.59 Å². The predicted molar refractivity (Wildman–Crippen MR) is 78.7 cm³/mol. The molecule has 1 aromatic heterocycles. The number of nitrogens with zero attached hydrogens (tertiary/aromatic N) is 1. The van der Waals surface area contributed by atoms with Gasteiger partial charge in [0, 0.05) is 25.6 Å². The summed E-state index contributed by atoms with van der Waals surface area (Å²) in [5.41, 5.74) is 2.10. The van der Waals surface area contributed by atoms with Crippen molar-refractivity contribution in [1.82, 2.24) is 15.3 Å². The van der Waals surface area contributed by atoms with Crippen molar-refractivity contribution in [3.05, 3.63) is 24.0 Å². The maximum absolute atomic E-state index is 11.7. The molecule has 2 rings (SSSR count). The van der Waals surface area contributed by atoms with Crippen LogP contribution in [0.25, 0.3) is 11.0 Å². The van der Waals surface area contributed by atoms with Gasteiger partial charge in [-0.15, -0.1) is 0 Å². The molecular formula is C14H18N4O3. The zero-order valence-electron chi connectivity index (χ0n) is 11.9. The third-order valence-corrected chi connectivity index (χ3v) is 2.91. The molecule has 0 aliphatic rings. The lowest BCUT2D eigenvalue weighted by Crippen LogP contribution is -2.25. The van der Waals surface area contributed by atoms with Crippen molar-refractivity contribution in [2.24, 2.45) is 0 Å². The number of fused-ring (bicyclic) bond motifs is 1. The maximum atomic E-state index is 11.7. The lowest BCUT2D eigenvalue weighted by Gasteiger charge is -2.05.